The molecule has 0 bridgehead atoms. The first-order valence-electron chi connectivity index (χ1n) is 10.6. The Bertz CT molecular complexity index is 591. The van der Waals surface area contributed by atoms with E-state index in [1.54, 1.807) is 12.3 Å². The van der Waals surface area contributed by atoms with E-state index in [1.807, 2.05) is 11.0 Å². The third-order valence-electron chi connectivity index (χ3n) is 6.50. The summed E-state index contributed by atoms with van der Waals surface area (Å²) in [5, 5.41) is 7.25. The Labute approximate surface area is 163 Å². The summed E-state index contributed by atoms with van der Waals surface area (Å²) in [6, 6.07) is 2.11. The molecule has 1 saturated heterocycles. The minimum atomic E-state index is 0.0782. The van der Waals surface area contributed by atoms with Gasteiger partial charge in [0.05, 0.1) is 18.8 Å². The minimum absolute atomic E-state index is 0.0782. The van der Waals surface area contributed by atoms with E-state index in [-0.39, 0.29) is 17.9 Å². The van der Waals surface area contributed by atoms with Crippen molar-refractivity contribution in [3.05, 3.63) is 30.6 Å². The number of rotatable bonds is 7. The summed E-state index contributed by atoms with van der Waals surface area (Å²) in [7, 11) is 0. The van der Waals surface area contributed by atoms with E-state index >= 15 is 0 Å². The zero-order chi connectivity index (χ0) is 19.2. The maximum atomic E-state index is 12.7. The molecule has 2 heterocycles. The zero-order valence-electron chi connectivity index (χ0n) is 16.9. The second kappa shape index (κ2) is 9.54. The van der Waals surface area contributed by atoms with Crippen molar-refractivity contribution in [2.24, 2.45) is 11.8 Å². The summed E-state index contributed by atoms with van der Waals surface area (Å²) in [6.45, 7) is 9.81. The molecule has 1 aliphatic heterocycles. The predicted octanol–water partition coefficient (Wildman–Crippen LogP) is 4.29. The fourth-order valence-electron chi connectivity index (χ4n) is 4.81. The number of hydrogen-bond donors (Lipinski definition) is 1. The molecule has 1 aliphatic carbocycles. The lowest BCUT2D eigenvalue weighted by atomic mass is 9.80. The van der Waals surface area contributed by atoms with Crippen molar-refractivity contribution >= 4 is 5.91 Å². The van der Waals surface area contributed by atoms with Crippen molar-refractivity contribution in [3.63, 3.8) is 0 Å². The van der Waals surface area contributed by atoms with Crippen LogP contribution in [-0.4, -0.2) is 46.3 Å². The molecular weight excluding hydrogens is 338 g/mol. The molecule has 3 rings (SSSR count). The van der Waals surface area contributed by atoms with Crippen LogP contribution in [-0.2, 0) is 9.53 Å². The number of hydrogen-bond acceptors (Lipinski definition) is 3. The van der Waals surface area contributed by atoms with Crippen LogP contribution in [0.3, 0.4) is 0 Å². The third kappa shape index (κ3) is 5.01. The van der Waals surface area contributed by atoms with Crippen LogP contribution >= 0.6 is 0 Å². The van der Waals surface area contributed by atoms with Gasteiger partial charge in [-0.1, -0.05) is 19.9 Å². The highest BCUT2D eigenvalue weighted by Crippen LogP contribution is 2.35. The number of nitrogens with one attached hydrogen (secondary N) is 1. The molecule has 0 unspecified atom stereocenters. The van der Waals surface area contributed by atoms with E-state index in [4.69, 9.17) is 4.74 Å². The van der Waals surface area contributed by atoms with Crippen LogP contribution in [0.15, 0.2) is 24.9 Å². The molecule has 27 heavy (non-hydrogen) atoms. The topological polar surface area (TPSA) is 58.2 Å². The van der Waals surface area contributed by atoms with Gasteiger partial charge < -0.3 is 9.64 Å². The summed E-state index contributed by atoms with van der Waals surface area (Å²) in [6.07, 6.45) is 11.1. The number of ether oxygens (including phenoxy) is 1. The number of nitrogens with zero attached hydrogens (tertiary/aromatic N) is 2. The molecule has 2 aliphatic rings. The van der Waals surface area contributed by atoms with Gasteiger partial charge in [0.2, 0.25) is 5.91 Å². The van der Waals surface area contributed by atoms with Crippen molar-refractivity contribution in [2.75, 3.05) is 13.2 Å². The summed E-state index contributed by atoms with van der Waals surface area (Å²) >= 11 is 0. The molecule has 1 saturated carbocycles. The first-order valence-corrected chi connectivity index (χ1v) is 10.6. The molecule has 0 spiro atoms. The maximum Gasteiger partial charge on any atom is 0.226 e. The van der Waals surface area contributed by atoms with E-state index in [0.717, 1.165) is 49.8 Å². The number of aromatic amines is 1. The smallest absolute Gasteiger partial charge is 0.226 e. The molecule has 1 N–H and O–H groups in total. The van der Waals surface area contributed by atoms with Crippen molar-refractivity contribution in [1.29, 1.82) is 0 Å². The van der Waals surface area contributed by atoms with E-state index in [2.05, 4.69) is 30.6 Å². The van der Waals surface area contributed by atoms with E-state index in [9.17, 15) is 4.79 Å². The highest BCUT2D eigenvalue weighted by molar-refractivity contribution is 5.78. The number of likely N-dealkylation sites (tertiary alicyclic amines) is 1. The molecule has 0 aromatic carbocycles. The van der Waals surface area contributed by atoms with E-state index in [0.29, 0.717) is 19.1 Å². The van der Waals surface area contributed by atoms with Gasteiger partial charge >= 0.3 is 0 Å². The van der Waals surface area contributed by atoms with Gasteiger partial charge in [-0.05, 0) is 56.4 Å². The van der Waals surface area contributed by atoms with Crippen LogP contribution < -0.4 is 0 Å². The Morgan fingerprint density at radius 2 is 2.15 bits per heavy atom. The highest BCUT2D eigenvalue weighted by atomic mass is 16.5. The average molecular weight is 374 g/mol. The van der Waals surface area contributed by atoms with Gasteiger partial charge in [0.25, 0.3) is 0 Å². The van der Waals surface area contributed by atoms with Crippen molar-refractivity contribution in [1.82, 2.24) is 15.1 Å². The fraction of sp³-hybridized carbons (Fsp3) is 0.727. The molecule has 1 amide bonds. The lowest BCUT2D eigenvalue weighted by molar-refractivity contribution is -0.137. The first-order chi connectivity index (χ1) is 13.1. The number of carbonyl (C=O) groups is 1. The van der Waals surface area contributed by atoms with Gasteiger partial charge in [-0.3, -0.25) is 9.89 Å². The number of aromatic nitrogens is 2. The quantitative estimate of drug-likeness (QED) is 0.725. The monoisotopic (exact) mass is 373 g/mol. The molecule has 5 heteroatoms. The van der Waals surface area contributed by atoms with Gasteiger partial charge in [0.1, 0.15) is 0 Å². The number of piperidine rings is 1. The standard InChI is InChI=1S/C22H35N3O2/c1-4-6-22(26)25-14-5-7-19(20-12-13-23-24-20)21(25)15-27-18-10-8-17(9-11-18)16(2)3/h4,12-13,16-19,21H,1,5-11,14-15H2,2-3H3,(H,23,24)/t17?,18?,19-,21+/m1/s1. The lowest BCUT2D eigenvalue weighted by Crippen LogP contribution is -2.50. The predicted molar refractivity (Wildman–Crippen MR) is 107 cm³/mol. The minimum Gasteiger partial charge on any atom is -0.376 e. The third-order valence-corrected chi connectivity index (χ3v) is 6.50. The molecule has 0 radical (unpaired) electrons. The largest absolute Gasteiger partial charge is 0.376 e. The summed E-state index contributed by atoms with van der Waals surface area (Å²) in [5.74, 6) is 2.03. The number of carbonyl (C=O) groups excluding carboxylic acids is 1. The fourth-order valence-corrected chi connectivity index (χ4v) is 4.81. The Kier molecular flexibility index (Phi) is 7.11. The Hall–Kier alpha value is -1.62. The molecule has 1 aromatic heterocycles. The van der Waals surface area contributed by atoms with Gasteiger partial charge in [-0.2, -0.15) is 5.10 Å². The van der Waals surface area contributed by atoms with E-state index in [1.165, 1.54) is 12.8 Å². The molecular formula is C22H35N3O2. The van der Waals surface area contributed by atoms with Gasteiger partial charge in [-0.25, -0.2) is 0 Å². The Morgan fingerprint density at radius 3 is 2.78 bits per heavy atom. The Morgan fingerprint density at radius 1 is 1.37 bits per heavy atom. The Balaban J connectivity index is 1.65. The molecule has 5 nitrogen and oxygen atoms in total. The van der Waals surface area contributed by atoms with Gasteiger partial charge in [-0.15, -0.1) is 6.58 Å². The van der Waals surface area contributed by atoms with Gasteiger partial charge in [0.15, 0.2) is 0 Å². The second-order valence-corrected chi connectivity index (χ2v) is 8.52. The van der Waals surface area contributed by atoms with Crippen LogP contribution in [0.25, 0.3) is 0 Å². The molecule has 2 atom stereocenters. The summed E-state index contributed by atoms with van der Waals surface area (Å²) in [4.78, 5) is 14.7. The van der Waals surface area contributed by atoms with Gasteiger partial charge in [0, 0.05) is 30.8 Å². The second-order valence-electron chi connectivity index (χ2n) is 8.52. The van der Waals surface area contributed by atoms with E-state index < -0.39 is 0 Å². The highest BCUT2D eigenvalue weighted by Gasteiger charge is 2.36. The lowest BCUT2D eigenvalue weighted by Gasteiger charge is -2.42. The maximum absolute atomic E-state index is 12.7. The van der Waals surface area contributed by atoms with Crippen LogP contribution in [0, 0.1) is 11.8 Å². The zero-order valence-corrected chi connectivity index (χ0v) is 16.9. The summed E-state index contributed by atoms with van der Waals surface area (Å²) in [5.41, 5.74) is 1.11. The van der Waals surface area contributed by atoms with Crippen molar-refractivity contribution in [3.8, 4) is 0 Å². The normalized spacial score (nSPS) is 29.1. The number of amides is 1. The van der Waals surface area contributed by atoms with Crippen LogP contribution in [0.2, 0.25) is 0 Å². The SMILES string of the molecule is C=CCC(=O)N1CCC[C@H](c2ccn[nH]2)[C@@H]1COC1CCC(C(C)C)CC1. The molecule has 2 fully saturated rings. The first kappa shape index (κ1) is 20.1. The van der Waals surface area contributed by atoms with Crippen molar-refractivity contribution in [2.45, 2.75) is 76.9 Å². The van der Waals surface area contributed by atoms with Crippen LogP contribution in [0.4, 0.5) is 0 Å². The van der Waals surface area contributed by atoms with Crippen molar-refractivity contribution < 1.29 is 9.53 Å². The van der Waals surface area contributed by atoms with Crippen LogP contribution in [0.5, 0.6) is 0 Å². The summed E-state index contributed by atoms with van der Waals surface area (Å²) < 4.78 is 6.38. The number of H-pyrrole nitrogens is 1. The average Bonchev–Trinajstić information content (AvgIpc) is 3.21. The van der Waals surface area contributed by atoms with Crippen LogP contribution in [0.1, 0.15) is 70.4 Å². The molecule has 1 aromatic rings. The molecule has 150 valence electrons.